The van der Waals surface area contributed by atoms with E-state index in [1.54, 1.807) is 11.8 Å². The van der Waals surface area contributed by atoms with Gasteiger partial charge in [-0.05, 0) is 13.5 Å². The molecule has 0 amide bonds. The molecule has 2 aromatic rings. The van der Waals surface area contributed by atoms with Crippen LogP contribution < -0.4 is 5.32 Å². The number of aryl methyl sites for hydroxylation is 1. The van der Waals surface area contributed by atoms with Gasteiger partial charge in [0.1, 0.15) is 11.6 Å². The standard InChI is InChI=1S/C14H24N6O/c1-5-6-15-13-11-9-16-20(3)14(11)18-12(17-13)10-19(2)7-8-21-4/h9H,5-8,10H2,1-4H3,(H,15,17,18). The molecule has 0 aliphatic heterocycles. The second-order valence-corrected chi connectivity index (χ2v) is 5.15. The summed E-state index contributed by atoms with van der Waals surface area (Å²) in [5.41, 5.74) is 0.860. The Morgan fingerprint density at radius 1 is 1.38 bits per heavy atom. The predicted molar refractivity (Wildman–Crippen MR) is 83.3 cm³/mol. The molecule has 2 rings (SSSR count). The molecule has 7 nitrogen and oxygen atoms in total. The maximum atomic E-state index is 5.10. The fourth-order valence-corrected chi connectivity index (χ4v) is 2.08. The molecular formula is C14H24N6O. The Balaban J connectivity index is 2.24. The lowest BCUT2D eigenvalue weighted by molar-refractivity contribution is 0.157. The number of hydrogen-bond acceptors (Lipinski definition) is 6. The van der Waals surface area contributed by atoms with Gasteiger partial charge in [-0.25, -0.2) is 9.97 Å². The van der Waals surface area contributed by atoms with Crippen molar-refractivity contribution in [3.63, 3.8) is 0 Å². The van der Waals surface area contributed by atoms with Gasteiger partial charge < -0.3 is 10.1 Å². The largest absolute Gasteiger partial charge is 0.383 e. The van der Waals surface area contributed by atoms with E-state index in [9.17, 15) is 0 Å². The number of hydrogen-bond donors (Lipinski definition) is 1. The van der Waals surface area contributed by atoms with Crippen LogP contribution in [-0.4, -0.2) is 58.5 Å². The molecule has 2 heterocycles. The molecule has 0 spiro atoms. The number of methoxy groups -OCH3 is 1. The molecule has 116 valence electrons. The highest BCUT2D eigenvalue weighted by atomic mass is 16.5. The second-order valence-electron chi connectivity index (χ2n) is 5.15. The quantitative estimate of drug-likeness (QED) is 0.790. The third kappa shape index (κ3) is 3.89. The molecule has 0 aromatic carbocycles. The van der Waals surface area contributed by atoms with E-state index in [2.05, 4.69) is 32.2 Å². The van der Waals surface area contributed by atoms with Gasteiger partial charge in [0.2, 0.25) is 0 Å². The lowest BCUT2D eigenvalue weighted by Gasteiger charge is -2.16. The van der Waals surface area contributed by atoms with Crippen LogP contribution in [0.15, 0.2) is 6.20 Å². The monoisotopic (exact) mass is 292 g/mol. The van der Waals surface area contributed by atoms with Crippen molar-refractivity contribution in [2.75, 3.05) is 39.2 Å². The summed E-state index contributed by atoms with van der Waals surface area (Å²) < 4.78 is 6.88. The number of anilines is 1. The molecule has 0 aliphatic carbocycles. The summed E-state index contributed by atoms with van der Waals surface area (Å²) in [6.07, 6.45) is 2.86. The summed E-state index contributed by atoms with van der Waals surface area (Å²) in [6.45, 7) is 5.26. The van der Waals surface area contributed by atoms with Gasteiger partial charge in [-0.1, -0.05) is 6.92 Å². The van der Waals surface area contributed by atoms with Crippen LogP contribution in [0, 0.1) is 0 Å². The molecule has 21 heavy (non-hydrogen) atoms. The SMILES string of the molecule is CCCNc1nc(CN(C)CCOC)nc2c1cnn2C. The third-order valence-electron chi connectivity index (χ3n) is 3.27. The normalized spacial score (nSPS) is 11.5. The fourth-order valence-electron chi connectivity index (χ4n) is 2.08. The van der Waals surface area contributed by atoms with Gasteiger partial charge in [-0.3, -0.25) is 9.58 Å². The molecule has 0 fully saturated rings. The lowest BCUT2D eigenvalue weighted by atomic mass is 10.3. The zero-order chi connectivity index (χ0) is 15.2. The molecule has 1 N–H and O–H groups in total. The van der Waals surface area contributed by atoms with Crippen molar-refractivity contribution in [3.05, 3.63) is 12.0 Å². The maximum Gasteiger partial charge on any atom is 0.163 e. The summed E-state index contributed by atoms with van der Waals surface area (Å²) >= 11 is 0. The number of rotatable bonds is 8. The van der Waals surface area contributed by atoms with Crippen LogP contribution in [0.4, 0.5) is 5.82 Å². The topological polar surface area (TPSA) is 68.1 Å². The molecule has 7 heteroatoms. The molecule has 0 saturated carbocycles. The lowest BCUT2D eigenvalue weighted by Crippen LogP contribution is -2.23. The highest BCUT2D eigenvalue weighted by Crippen LogP contribution is 2.19. The van der Waals surface area contributed by atoms with E-state index < -0.39 is 0 Å². The van der Waals surface area contributed by atoms with Crippen LogP contribution in [0.25, 0.3) is 11.0 Å². The first-order chi connectivity index (χ1) is 10.2. The minimum atomic E-state index is 0.686. The summed E-state index contributed by atoms with van der Waals surface area (Å²) in [4.78, 5) is 11.4. The van der Waals surface area contributed by atoms with Crippen LogP contribution in [0.2, 0.25) is 0 Å². The molecule has 0 atom stereocenters. The Bertz CT molecular complexity index is 582. The number of nitrogens with zero attached hydrogens (tertiary/aromatic N) is 5. The Kier molecular flexibility index (Phi) is 5.46. The van der Waals surface area contributed by atoms with Gasteiger partial charge in [-0.15, -0.1) is 0 Å². The van der Waals surface area contributed by atoms with Crippen molar-refractivity contribution >= 4 is 16.9 Å². The van der Waals surface area contributed by atoms with Crippen LogP contribution in [-0.2, 0) is 18.3 Å². The van der Waals surface area contributed by atoms with Gasteiger partial charge >= 0.3 is 0 Å². The summed E-state index contributed by atoms with van der Waals surface area (Å²) in [6, 6.07) is 0. The molecule has 2 aromatic heterocycles. The van der Waals surface area contributed by atoms with Crippen molar-refractivity contribution in [3.8, 4) is 0 Å². The van der Waals surface area contributed by atoms with E-state index in [1.807, 2.05) is 20.3 Å². The second kappa shape index (κ2) is 7.33. The van der Waals surface area contributed by atoms with Crippen LogP contribution in [0.5, 0.6) is 0 Å². The van der Waals surface area contributed by atoms with Crippen molar-refractivity contribution in [2.24, 2.45) is 7.05 Å². The predicted octanol–water partition coefficient (Wildman–Crippen LogP) is 1.26. The number of nitrogens with one attached hydrogen (secondary N) is 1. The number of likely N-dealkylation sites (N-methyl/N-ethyl adjacent to an activating group) is 1. The summed E-state index contributed by atoms with van der Waals surface area (Å²) in [7, 11) is 5.64. The van der Waals surface area contributed by atoms with E-state index >= 15 is 0 Å². The van der Waals surface area contributed by atoms with E-state index in [0.29, 0.717) is 13.2 Å². The first-order valence-electron chi connectivity index (χ1n) is 7.25. The fraction of sp³-hybridized carbons (Fsp3) is 0.643. The highest BCUT2D eigenvalue weighted by molar-refractivity contribution is 5.86. The van der Waals surface area contributed by atoms with Gasteiger partial charge in [0.15, 0.2) is 5.65 Å². The minimum absolute atomic E-state index is 0.686. The van der Waals surface area contributed by atoms with Crippen LogP contribution in [0.3, 0.4) is 0 Å². The third-order valence-corrected chi connectivity index (χ3v) is 3.27. The van der Waals surface area contributed by atoms with Crippen molar-refractivity contribution in [1.82, 2.24) is 24.6 Å². The average Bonchev–Trinajstić information content (AvgIpc) is 2.84. The van der Waals surface area contributed by atoms with Gasteiger partial charge in [0, 0.05) is 27.2 Å². The maximum absolute atomic E-state index is 5.10. The Morgan fingerprint density at radius 3 is 2.90 bits per heavy atom. The first kappa shape index (κ1) is 15.7. The average molecular weight is 292 g/mol. The Morgan fingerprint density at radius 2 is 2.19 bits per heavy atom. The summed E-state index contributed by atoms with van der Waals surface area (Å²) in [5.74, 6) is 1.66. The molecule has 0 bridgehead atoms. The molecule has 0 aliphatic rings. The van der Waals surface area contributed by atoms with Crippen molar-refractivity contribution in [1.29, 1.82) is 0 Å². The molecule has 0 saturated heterocycles. The smallest absolute Gasteiger partial charge is 0.163 e. The zero-order valence-corrected chi connectivity index (χ0v) is 13.3. The van der Waals surface area contributed by atoms with E-state index in [-0.39, 0.29) is 0 Å². The minimum Gasteiger partial charge on any atom is -0.383 e. The van der Waals surface area contributed by atoms with Gasteiger partial charge in [0.05, 0.1) is 24.7 Å². The van der Waals surface area contributed by atoms with E-state index in [4.69, 9.17) is 4.74 Å². The Hall–Kier alpha value is -1.73. The molecule has 0 radical (unpaired) electrons. The van der Waals surface area contributed by atoms with Crippen molar-refractivity contribution < 1.29 is 4.74 Å². The van der Waals surface area contributed by atoms with Crippen LogP contribution >= 0.6 is 0 Å². The summed E-state index contributed by atoms with van der Waals surface area (Å²) in [5, 5.41) is 8.60. The van der Waals surface area contributed by atoms with Crippen molar-refractivity contribution in [2.45, 2.75) is 19.9 Å². The molecular weight excluding hydrogens is 268 g/mol. The number of fused-ring (bicyclic) bond motifs is 1. The number of ether oxygens (including phenoxy) is 1. The Labute approximate surface area is 125 Å². The van der Waals surface area contributed by atoms with E-state index in [0.717, 1.165) is 42.2 Å². The first-order valence-corrected chi connectivity index (χ1v) is 7.25. The molecule has 0 unspecified atom stereocenters. The van der Waals surface area contributed by atoms with Gasteiger partial charge in [-0.2, -0.15) is 5.10 Å². The van der Waals surface area contributed by atoms with Crippen LogP contribution in [0.1, 0.15) is 19.2 Å². The van der Waals surface area contributed by atoms with E-state index in [1.165, 1.54) is 0 Å². The van der Waals surface area contributed by atoms with Gasteiger partial charge in [0.25, 0.3) is 0 Å². The highest BCUT2D eigenvalue weighted by Gasteiger charge is 2.12. The number of aromatic nitrogens is 4. The zero-order valence-electron chi connectivity index (χ0n) is 13.3.